The number of hydrogen-bond donors (Lipinski definition) is 1. The second kappa shape index (κ2) is 4.78. The highest BCUT2D eigenvalue weighted by Crippen LogP contribution is 2.35. The number of hydrogen-bond acceptors (Lipinski definition) is 3. The third-order valence-electron chi connectivity index (χ3n) is 4.90. The lowest BCUT2D eigenvalue weighted by atomic mass is 10.0. The second-order valence-electron chi connectivity index (χ2n) is 6.28. The van der Waals surface area contributed by atoms with E-state index in [2.05, 4.69) is 9.97 Å². The Labute approximate surface area is 134 Å². The monoisotopic (exact) mass is 310 g/mol. The van der Waals surface area contributed by atoms with Gasteiger partial charge in [0.15, 0.2) is 0 Å². The quantitative estimate of drug-likeness (QED) is 0.748. The average Bonchev–Trinajstić information content (AvgIpc) is 3.10. The van der Waals surface area contributed by atoms with Crippen LogP contribution in [0.25, 0.3) is 16.8 Å². The number of nitrogens with two attached hydrogens (primary N) is 1. The molecule has 1 aromatic carbocycles. The lowest BCUT2D eigenvalue weighted by Crippen LogP contribution is -2.04. The average molecular weight is 310 g/mol. The molecule has 1 aliphatic carbocycles. The standard InChI is InChI=1S/C18H19FN4/c1-9-10(2)23-11(3)22-16(17(23)18(20)21-9)14-8-7-12-5-4-6-13(12)15(14)19/h7-8H,4-6H2,1-3H3,(H2,20,21). The highest BCUT2D eigenvalue weighted by molar-refractivity contribution is 5.86. The van der Waals surface area contributed by atoms with Crippen LogP contribution in [-0.2, 0) is 12.8 Å². The first-order chi connectivity index (χ1) is 11.0. The molecule has 23 heavy (non-hydrogen) atoms. The molecule has 0 radical (unpaired) electrons. The minimum atomic E-state index is -0.155. The third kappa shape index (κ3) is 1.89. The molecule has 118 valence electrons. The van der Waals surface area contributed by atoms with Gasteiger partial charge in [-0.2, -0.15) is 0 Å². The Bertz CT molecular complexity index is 956. The van der Waals surface area contributed by atoms with Crippen molar-refractivity contribution in [1.82, 2.24) is 14.4 Å². The summed E-state index contributed by atoms with van der Waals surface area (Å²) in [5, 5.41) is 0. The van der Waals surface area contributed by atoms with Gasteiger partial charge in [-0.1, -0.05) is 6.07 Å². The van der Waals surface area contributed by atoms with Crippen LogP contribution in [0.3, 0.4) is 0 Å². The molecule has 2 aromatic heterocycles. The molecular formula is C18H19FN4. The van der Waals surface area contributed by atoms with Gasteiger partial charge in [0.25, 0.3) is 0 Å². The number of nitrogen functional groups attached to an aromatic ring is 1. The zero-order valence-electron chi connectivity index (χ0n) is 13.6. The molecule has 4 rings (SSSR count). The van der Waals surface area contributed by atoms with Crippen LogP contribution >= 0.6 is 0 Å². The van der Waals surface area contributed by atoms with Crippen LogP contribution in [0.15, 0.2) is 12.1 Å². The van der Waals surface area contributed by atoms with Crippen LogP contribution in [0.4, 0.5) is 10.2 Å². The van der Waals surface area contributed by atoms with Crippen LogP contribution in [-0.4, -0.2) is 14.4 Å². The van der Waals surface area contributed by atoms with Crippen molar-refractivity contribution >= 4 is 11.3 Å². The minimum Gasteiger partial charge on any atom is -0.382 e. The summed E-state index contributed by atoms with van der Waals surface area (Å²) in [7, 11) is 0. The van der Waals surface area contributed by atoms with Crippen LogP contribution in [0.1, 0.15) is 34.8 Å². The maximum absolute atomic E-state index is 15.0. The lowest BCUT2D eigenvalue weighted by molar-refractivity contribution is 0.616. The van der Waals surface area contributed by atoms with E-state index >= 15 is 0 Å². The SMILES string of the molecule is Cc1nc(N)c2c(-c3ccc4c(c3F)CCC4)nc(C)n2c1C. The van der Waals surface area contributed by atoms with Crippen molar-refractivity contribution in [2.75, 3.05) is 5.73 Å². The molecule has 0 unspecified atom stereocenters. The Morgan fingerprint density at radius 2 is 1.91 bits per heavy atom. The van der Waals surface area contributed by atoms with Gasteiger partial charge in [-0.05, 0) is 57.2 Å². The number of benzene rings is 1. The zero-order valence-corrected chi connectivity index (χ0v) is 13.6. The van der Waals surface area contributed by atoms with E-state index in [1.807, 2.05) is 37.3 Å². The molecule has 0 amide bonds. The molecule has 4 nitrogen and oxygen atoms in total. The highest BCUT2D eigenvalue weighted by Gasteiger charge is 2.23. The maximum atomic E-state index is 15.0. The zero-order chi connectivity index (χ0) is 16.3. The number of nitrogens with zero attached hydrogens (tertiary/aromatic N) is 3. The number of halogens is 1. The van der Waals surface area contributed by atoms with Crippen molar-refractivity contribution in [2.45, 2.75) is 40.0 Å². The number of aryl methyl sites for hydroxylation is 4. The fraction of sp³-hybridized carbons (Fsp3) is 0.333. The van der Waals surface area contributed by atoms with Crippen molar-refractivity contribution in [1.29, 1.82) is 0 Å². The van der Waals surface area contributed by atoms with Gasteiger partial charge in [-0.25, -0.2) is 14.4 Å². The van der Waals surface area contributed by atoms with Crippen LogP contribution in [0.5, 0.6) is 0 Å². The molecule has 0 fully saturated rings. The third-order valence-corrected chi connectivity index (χ3v) is 4.90. The molecule has 1 aliphatic rings. The minimum absolute atomic E-state index is 0.155. The smallest absolute Gasteiger partial charge is 0.150 e. The molecular weight excluding hydrogens is 291 g/mol. The maximum Gasteiger partial charge on any atom is 0.150 e. The molecule has 0 saturated heterocycles. The Morgan fingerprint density at radius 1 is 1.13 bits per heavy atom. The van der Waals surface area contributed by atoms with E-state index in [0.29, 0.717) is 22.6 Å². The number of fused-ring (bicyclic) bond motifs is 2. The Morgan fingerprint density at radius 3 is 2.70 bits per heavy atom. The Balaban J connectivity index is 2.07. The van der Waals surface area contributed by atoms with Crippen molar-refractivity contribution < 1.29 is 4.39 Å². The fourth-order valence-corrected chi connectivity index (χ4v) is 3.65. The second-order valence-corrected chi connectivity index (χ2v) is 6.28. The van der Waals surface area contributed by atoms with E-state index < -0.39 is 0 Å². The van der Waals surface area contributed by atoms with Crippen molar-refractivity contribution in [3.63, 3.8) is 0 Å². The van der Waals surface area contributed by atoms with Gasteiger partial charge in [0.05, 0.1) is 5.69 Å². The van der Waals surface area contributed by atoms with Crippen LogP contribution in [0.2, 0.25) is 0 Å². The van der Waals surface area contributed by atoms with Crippen LogP contribution < -0.4 is 5.73 Å². The predicted molar refractivity (Wildman–Crippen MR) is 89.0 cm³/mol. The van der Waals surface area contributed by atoms with Gasteiger partial charge in [0.2, 0.25) is 0 Å². The van der Waals surface area contributed by atoms with Gasteiger partial charge < -0.3 is 5.73 Å². The topological polar surface area (TPSA) is 56.2 Å². The van der Waals surface area contributed by atoms with Crippen molar-refractivity contribution in [2.24, 2.45) is 0 Å². The summed E-state index contributed by atoms with van der Waals surface area (Å²) >= 11 is 0. The molecule has 0 aliphatic heterocycles. The molecule has 5 heteroatoms. The van der Waals surface area contributed by atoms with E-state index in [0.717, 1.165) is 47.6 Å². The number of rotatable bonds is 1. The molecule has 2 N–H and O–H groups in total. The normalized spacial score (nSPS) is 13.7. The first-order valence-electron chi connectivity index (χ1n) is 7.91. The highest BCUT2D eigenvalue weighted by atomic mass is 19.1. The molecule has 3 aromatic rings. The molecule has 0 bridgehead atoms. The molecule has 2 heterocycles. The van der Waals surface area contributed by atoms with Crippen LogP contribution in [0, 0.1) is 26.6 Å². The summed E-state index contributed by atoms with van der Waals surface area (Å²) in [6.45, 7) is 5.81. The summed E-state index contributed by atoms with van der Waals surface area (Å²) < 4.78 is 17.0. The predicted octanol–water partition coefficient (Wildman–Crippen LogP) is 3.53. The molecule has 0 atom stereocenters. The number of aromatic nitrogens is 3. The summed E-state index contributed by atoms with van der Waals surface area (Å²) in [6, 6.07) is 3.85. The number of anilines is 1. The largest absolute Gasteiger partial charge is 0.382 e. The van der Waals surface area contributed by atoms with Crippen molar-refractivity contribution in [3.8, 4) is 11.3 Å². The van der Waals surface area contributed by atoms with E-state index in [1.54, 1.807) is 0 Å². The Kier molecular flexibility index (Phi) is 2.95. The van der Waals surface area contributed by atoms with Crippen molar-refractivity contribution in [3.05, 3.63) is 46.3 Å². The molecule has 0 spiro atoms. The summed E-state index contributed by atoms with van der Waals surface area (Å²) in [4.78, 5) is 9.01. The summed E-state index contributed by atoms with van der Waals surface area (Å²) in [5.74, 6) is 1.03. The first kappa shape index (κ1) is 14.2. The van der Waals surface area contributed by atoms with Gasteiger partial charge in [0.1, 0.15) is 28.7 Å². The summed E-state index contributed by atoms with van der Waals surface area (Å²) in [6.07, 6.45) is 2.77. The summed E-state index contributed by atoms with van der Waals surface area (Å²) in [5.41, 5.74) is 11.7. The van der Waals surface area contributed by atoms with E-state index in [-0.39, 0.29) is 5.82 Å². The first-order valence-corrected chi connectivity index (χ1v) is 7.91. The van der Waals surface area contributed by atoms with Gasteiger partial charge in [-0.3, -0.25) is 4.40 Å². The molecule has 0 saturated carbocycles. The van der Waals surface area contributed by atoms with E-state index in [9.17, 15) is 4.39 Å². The Hall–Kier alpha value is -2.43. The van der Waals surface area contributed by atoms with Gasteiger partial charge >= 0.3 is 0 Å². The number of imidazole rings is 1. The van der Waals surface area contributed by atoms with E-state index in [1.165, 1.54) is 0 Å². The van der Waals surface area contributed by atoms with Gasteiger partial charge in [0, 0.05) is 11.3 Å². The van der Waals surface area contributed by atoms with Gasteiger partial charge in [-0.15, -0.1) is 0 Å². The lowest BCUT2D eigenvalue weighted by Gasteiger charge is -2.10. The van der Waals surface area contributed by atoms with E-state index in [4.69, 9.17) is 5.73 Å². The fourth-order valence-electron chi connectivity index (χ4n) is 3.65.